The summed E-state index contributed by atoms with van der Waals surface area (Å²) >= 11 is 0. The molecule has 0 saturated heterocycles. The van der Waals surface area contributed by atoms with Gasteiger partial charge in [0.25, 0.3) is 5.91 Å². The normalized spacial score (nSPS) is 12.5. The molecule has 3 rings (SSSR count). The number of hydrogen-bond acceptors (Lipinski definition) is 3. The number of para-hydroxylation sites is 1. The van der Waals surface area contributed by atoms with Crippen LogP contribution in [0.15, 0.2) is 65.5 Å². The Hall–Kier alpha value is -3.42. The molecule has 5 nitrogen and oxygen atoms in total. The first-order valence-corrected chi connectivity index (χ1v) is 9.21. The molecule has 2 aromatic carbocycles. The number of benzene rings is 2. The summed E-state index contributed by atoms with van der Waals surface area (Å²) in [5, 5.41) is 4.03. The van der Waals surface area contributed by atoms with E-state index in [0.29, 0.717) is 0 Å². The van der Waals surface area contributed by atoms with Gasteiger partial charge in [0.1, 0.15) is 0 Å². The van der Waals surface area contributed by atoms with Gasteiger partial charge in [-0.15, -0.1) is 0 Å². The lowest BCUT2D eigenvalue weighted by molar-refractivity contribution is -0.137. The van der Waals surface area contributed by atoms with E-state index < -0.39 is 28.8 Å². The maximum atomic E-state index is 13.4. The van der Waals surface area contributed by atoms with E-state index in [1.807, 2.05) is 30.3 Å². The number of amides is 1. The number of carbonyl (C=O) groups is 1. The third kappa shape index (κ3) is 4.12. The van der Waals surface area contributed by atoms with Crippen LogP contribution >= 0.6 is 0 Å². The summed E-state index contributed by atoms with van der Waals surface area (Å²) in [4.78, 5) is 26.8. The van der Waals surface area contributed by atoms with Crippen LogP contribution in [0.1, 0.15) is 40.3 Å². The van der Waals surface area contributed by atoms with Crippen molar-refractivity contribution in [2.45, 2.75) is 26.1 Å². The number of nitrogens with zero attached hydrogens (tertiary/aromatic N) is 3. The molecule has 0 saturated carbocycles. The van der Waals surface area contributed by atoms with E-state index in [1.54, 1.807) is 6.92 Å². The van der Waals surface area contributed by atoms with Crippen molar-refractivity contribution in [1.29, 1.82) is 0 Å². The molecule has 0 bridgehead atoms. The molecule has 0 N–H and O–H groups in total. The van der Waals surface area contributed by atoms with E-state index in [9.17, 15) is 22.8 Å². The molecule has 0 aliphatic heterocycles. The van der Waals surface area contributed by atoms with Gasteiger partial charge in [0.05, 0.1) is 17.3 Å². The Morgan fingerprint density at radius 1 is 1.07 bits per heavy atom. The van der Waals surface area contributed by atoms with Crippen molar-refractivity contribution < 1.29 is 18.0 Å². The van der Waals surface area contributed by atoms with Crippen molar-refractivity contribution in [2.75, 3.05) is 7.05 Å². The Morgan fingerprint density at radius 2 is 1.67 bits per heavy atom. The highest BCUT2D eigenvalue weighted by molar-refractivity contribution is 5.92. The molecule has 0 aliphatic rings. The minimum absolute atomic E-state index is 0.187. The molecule has 0 aliphatic carbocycles. The van der Waals surface area contributed by atoms with Crippen molar-refractivity contribution >= 4 is 5.91 Å². The van der Waals surface area contributed by atoms with Crippen LogP contribution in [-0.2, 0) is 6.18 Å². The van der Waals surface area contributed by atoms with E-state index in [0.717, 1.165) is 22.4 Å². The molecule has 3 aromatic rings. The topological polar surface area (TPSA) is 55.2 Å². The Bertz CT molecular complexity index is 1120. The van der Waals surface area contributed by atoms with Gasteiger partial charge >= 0.3 is 6.18 Å². The first-order chi connectivity index (χ1) is 14.1. The number of halogens is 3. The lowest BCUT2D eigenvalue weighted by Crippen LogP contribution is -2.35. The number of rotatable bonds is 4. The second-order valence-corrected chi connectivity index (χ2v) is 6.93. The van der Waals surface area contributed by atoms with Gasteiger partial charge in [-0.2, -0.15) is 18.3 Å². The maximum Gasteiger partial charge on any atom is 0.418 e. The SMILES string of the molecule is Cc1cc(=O)c(C(=O)N(C)C(C)c2ccccc2)nn1-c1ccccc1C(F)(F)F. The summed E-state index contributed by atoms with van der Waals surface area (Å²) < 4.78 is 41.3. The summed E-state index contributed by atoms with van der Waals surface area (Å²) in [7, 11) is 1.52. The molecule has 1 aromatic heterocycles. The first-order valence-electron chi connectivity index (χ1n) is 9.21. The molecule has 1 heterocycles. The zero-order valence-corrected chi connectivity index (χ0v) is 16.6. The average molecular weight is 415 g/mol. The van der Waals surface area contributed by atoms with Crippen LogP contribution in [0.3, 0.4) is 0 Å². The third-order valence-electron chi connectivity index (χ3n) is 4.93. The molecule has 1 amide bonds. The summed E-state index contributed by atoms with van der Waals surface area (Å²) in [6.45, 7) is 3.25. The summed E-state index contributed by atoms with van der Waals surface area (Å²) in [5.41, 5.74) is -1.22. The molecule has 0 spiro atoms. The van der Waals surface area contributed by atoms with Crippen molar-refractivity contribution in [3.8, 4) is 5.69 Å². The van der Waals surface area contributed by atoms with Crippen molar-refractivity contribution in [2.24, 2.45) is 0 Å². The van der Waals surface area contributed by atoms with Gasteiger partial charge in [-0.1, -0.05) is 42.5 Å². The molecule has 156 valence electrons. The van der Waals surface area contributed by atoms with Gasteiger partial charge in [0.15, 0.2) is 5.69 Å². The first kappa shape index (κ1) is 21.3. The van der Waals surface area contributed by atoms with E-state index in [-0.39, 0.29) is 17.4 Å². The Labute approximate surface area is 171 Å². The number of carbonyl (C=O) groups excluding carboxylic acids is 1. The highest BCUT2D eigenvalue weighted by Gasteiger charge is 2.34. The molecule has 1 unspecified atom stereocenters. The molecule has 30 heavy (non-hydrogen) atoms. The number of hydrogen-bond donors (Lipinski definition) is 0. The minimum Gasteiger partial charge on any atom is -0.333 e. The summed E-state index contributed by atoms with van der Waals surface area (Å²) in [5.74, 6) is -0.672. The van der Waals surface area contributed by atoms with Gasteiger partial charge in [0, 0.05) is 18.8 Å². The van der Waals surface area contributed by atoms with E-state index in [4.69, 9.17) is 0 Å². The molecular weight excluding hydrogens is 395 g/mol. The van der Waals surface area contributed by atoms with Gasteiger partial charge in [-0.3, -0.25) is 9.59 Å². The molecule has 0 fully saturated rings. The second-order valence-electron chi connectivity index (χ2n) is 6.93. The predicted octanol–water partition coefficient (Wildman–Crippen LogP) is 4.39. The molecule has 1 atom stereocenters. The van der Waals surface area contributed by atoms with Gasteiger partial charge < -0.3 is 4.90 Å². The monoisotopic (exact) mass is 415 g/mol. The standard InChI is InChI=1S/C22H20F3N3O2/c1-14-13-19(29)20(21(30)27(3)15(2)16-9-5-4-6-10-16)26-28(14)18-12-8-7-11-17(18)22(23,24)25/h4-13,15H,1-3H3. The molecule has 8 heteroatoms. The van der Waals surface area contributed by atoms with Crippen LogP contribution in [0.2, 0.25) is 0 Å². The maximum absolute atomic E-state index is 13.4. The Morgan fingerprint density at radius 3 is 2.30 bits per heavy atom. The van der Waals surface area contributed by atoms with Crippen LogP contribution in [0, 0.1) is 6.92 Å². The van der Waals surface area contributed by atoms with Crippen LogP contribution in [0.5, 0.6) is 0 Å². The Kier molecular flexibility index (Phi) is 5.78. The average Bonchev–Trinajstić information content (AvgIpc) is 2.72. The summed E-state index contributed by atoms with van der Waals surface area (Å²) in [6.07, 6.45) is -4.61. The molecule has 0 radical (unpaired) electrons. The number of alkyl halides is 3. The third-order valence-corrected chi connectivity index (χ3v) is 4.93. The van der Waals surface area contributed by atoms with Crippen molar-refractivity contribution in [3.63, 3.8) is 0 Å². The number of aryl methyl sites for hydroxylation is 1. The quantitative estimate of drug-likeness (QED) is 0.635. The van der Waals surface area contributed by atoms with Gasteiger partial charge in [0.2, 0.25) is 5.43 Å². The minimum atomic E-state index is -4.61. The fraction of sp³-hybridized carbons (Fsp3) is 0.227. The lowest BCUT2D eigenvalue weighted by atomic mass is 10.1. The van der Waals surface area contributed by atoms with Crippen LogP contribution < -0.4 is 5.43 Å². The number of aromatic nitrogens is 2. The van der Waals surface area contributed by atoms with Crippen LogP contribution in [-0.4, -0.2) is 27.6 Å². The Balaban J connectivity index is 2.07. The van der Waals surface area contributed by atoms with Crippen LogP contribution in [0.25, 0.3) is 5.69 Å². The fourth-order valence-corrected chi connectivity index (χ4v) is 3.14. The fourth-order valence-electron chi connectivity index (χ4n) is 3.14. The van der Waals surface area contributed by atoms with E-state index >= 15 is 0 Å². The van der Waals surface area contributed by atoms with Gasteiger partial charge in [-0.05, 0) is 31.5 Å². The highest BCUT2D eigenvalue weighted by atomic mass is 19.4. The van der Waals surface area contributed by atoms with E-state index in [2.05, 4.69) is 5.10 Å². The van der Waals surface area contributed by atoms with E-state index in [1.165, 1.54) is 37.1 Å². The van der Waals surface area contributed by atoms with Gasteiger partial charge in [-0.25, -0.2) is 4.68 Å². The lowest BCUT2D eigenvalue weighted by Gasteiger charge is -2.25. The predicted molar refractivity (Wildman–Crippen MR) is 107 cm³/mol. The summed E-state index contributed by atoms with van der Waals surface area (Å²) in [6, 6.07) is 14.8. The van der Waals surface area contributed by atoms with Crippen molar-refractivity contribution in [1.82, 2.24) is 14.7 Å². The second kappa shape index (κ2) is 8.14. The zero-order valence-electron chi connectivity index (χ0n) is 16.6. The van der Waals surface area contributed by atoms with Crippen molar-refractivity contribution in [3.05, 3.63) is 93.4 Å². The highest BCUT2D eigenvalue weighted by Crippen LogP contribution is 2.33. The molecular formula is C22H20F3N3O2. The largest absolute Gasteiger partial charge is 0.418 e. The zero-order chi connectivity index (χ0) is 22.1. The smallest absolute Gasteiger partial charge is 0.333 e. The van der Waals surface area contributed by atoms with Crippen LogP contribution in [0.4, 0.5) is 13.2 Å².